The smallest absolute Gasteiger partial charge is 0.0131 e. The molecule has 0 heterocycles. The van der Waals surface area contributed by atoms with Gasteiger partial charge in [-0.3, -0.25) is 4.90 Å². The molecule has 1 nitrogen and oxygen atoms in total. The molecule has 2 aliphatic carbocycles. The second-order valence-corrected chi connectivity index (χ2v) is 10.0. The van der Waals surface area contributed by atoms with Crippen molar-refractivity contribution in [1.82, 2.24) is 4.90 Å². The fourth-order valence-electron chi connectivity index (χ4n) is 5.90. The zero-order valence-corrected chi connectivity index (χ0v) is 17.7. The fourth-order valence-corrected chi connectivity index (χ4v) is 5.90. The number of rotatable bonds is 6. The van der Waals surface area contributed by atoms with Crippen LogP contribution in [-0.2, 0) is 0 Å². The van der Waals surface area contributed by atoms with Crippen molar-refractivity contribution in [2.75, 3.05) is 6.54 Å². The molecule has 0 spiro atoms. The van der Waals surface area contributed by atoms with Gasteiger partial charge in [0.1, 0.15) is 0 Å². The average Bonchev–Trinajstić information content (AvgIpc) is 2.51. The monoisotopic (exact) mass is 335 g/mol. The maximum absolute atomic E-state index is 3.04. The van der Waals surface area contributed by atoms with Crippen molar-refractivity contribution in [2.45, 2.75) is 105 Å². The molecule has 0 radical (unpaired) electrons. The molecule has 2 fully saturated rings. The quantitative estimate of drug-likeness (QED) is 0.527. The van der Waals surface area contributed by atoms with Crippen molar-refractivity contribution >= 4 is 0 Å². The third-order valence-corrected chi connectivity index (χ3v) is 7.31. The first-order valence-corrected chi connectivity index (χ1v) is 11.1. The standard InChI is InChI=1S/C23H45N/c1-8-13-24(22-14-18(6)9-11-20(22)16(2)3)23-15-19(7)10-12-21(23)17(4)5/h16-23H,8-15H2,1-7H3. The summed E-state index contributed by atoms with van der Waals surface area (Å²) in [6.45, 7) is 18.6. The summed E-state index contributed by atoms with van der Waals surface area (Å²) >= 11 is 0. The van der Waals surface area contributed by atoms with Gasteiger partial charge in [0.25, 0.3) is 0 Å². The highest BCUT2D eigenvalue weighted by molar-refractivity contribution is 4.94. The minimum Gasteiger partial charge on any atom is -0.297 e. The van der Waals surface area contributed by atoms with E-state index in [2.05, 4.69) is 53.4 Å². The van der Waals surface area contributed by atoms with E-state index in [0.717, 1.165) is 47.6 Å². The van der Waals surface area contributed by atoms with Crippen molar-refractivity contribution in [3.05, 3.63) is 0 Å². The summed E-state index contributed by atoms with van der Waals surface area (Å²) < 4.78 is 0. The van der Waals surface area contributed by atoms with Gasteiger partial charge < -0.3 is 0 Å². The van der Waals surface area contributed by atoms with Crippen LogP contribution in [0.3, 0.4) is 0 Å². The van der Waals surface area contributed by atoms with Crippen molar-refractivity contribution in [3.63, 3.8) is 0 Å². The van der Waals surface area contributed by atoms with Crippen molar-refractivity contribution in [3.8, 4) is 0 Å². The van der Waals surface area contributed by atoms with Gasteiger partial charge in [-0.05, 0) is 74.2 Å². The molecule has 0 N–H and O–H groups in total. The van der Waals surface area contributed by atoms with E-state index >= 15 is 0 Å². The molecule has 6 unspecified atom stereocenters. The molecular formula is C23H45N. The summed E-state index contributed by atoms with van der Waals surface area (Å²) in [7, 11) is 0. The van der Waals surface area contributed by atoms with E-state index in [1.165, 1.54) is 51.5 Å². The largest absolute Gasteiger partial charge is 0.297 e. The molecule has 0 amide bonds. The van der Waals surface area contributed by atoms with E-state index in [1.807, 2.05) is 0 Å². The van der Waals surface area contributed by atoms with Crippen LogP contribution in [0.25, 0.3) is 0 Å². The molecule has 24 heavy (non-hydrogen) atoms. The third kappa shape index (κ3) is 4.77. The Morgan fingerprint density at radius 1 is 0.750 bits per heavy atom. The van der Waals surface area contributed by atoms with Crippen molar-refractivity contribution < 1.29 is 0 Å². The molecule has 0 aliphatic heterocycles. The van der Waals surface area contributed by atoms with Gasteiger partial charge in [-0.2, -0.15) is 0 Å². The summed E-state index contributed by atoms with van der Waals surface area (Å²) in [5, 5.41) is 0. The van der Waals surface area contributed by atoms with E-state index in [4.69, 9.17) is 0 Å². The third-order valence-electron chi connectivity index (χ3n) is 7.31. The molecule has 2 rings (SSSR count). The predicted molar refractivity (Wildman–Crippen MR) is 107 cm³/mol. The van der Waals surface area contributed by atoms with Gasteiger partial charge in [-0.1, -0.05) is 61.3 Å². The molecule has 0 saturated heterocycles. The van der Waals surface area contributed by atoms with E-state index in [-0.39, 0.29) is 0 Å². The Bertz CT molecular complexity index is 329. The van der Waals surface area contributed by atoms with Crippen LogP contribution in [0.4, 0.5) is 0 Å². The van der Waals surface area contributed by atoms with Crippen LogP contribution in [0.1, 0.15) is 93.4 Å². The van der Waals surface area contributed by atoms with E-state index in [1.54, 1.807) is 0 Å². The minimum absolute atomic E-state index is 0.834. The van der Waals surface area contributed by atoms with Crippen LogP contribution < -0.4 is 0 Å². The Morgan fingerprint density at radius 2 is 1.17 bits per heavy atom. The number of hydrogen-bond donors (Lipinski definition) is 0. The Morgan fingerprint density at radius 3 is 1.50 bits per heavy atom. The number of hydrogen-bond acceptors (Lipinski definition) is 1. The maximum Gasteiger partial charge on any atom is 0.0131 e. The van der Waals surface area contributed by atoms with Gasteiger partial charge in [0.15, 0.2) is 0 Å². The van der Waals surface area contributed by atoms with Gasteiger partial charge >= 0.3 is 0 Å². The highest BCUT2D eigenvalue weighted by atomic mass is 15.2. The Kier molecular flexibility index (Phi) is 7.65. The van der Waals surface area contributed by atoms with Crippen LogP contribution in [0.5, 0.6) is 0 Å². The lowest BCUT2D eigenvalue weighted by Crippen LogP contribution is -2.55. The zero-order valence-electron chi connectivity index (χ0n) is 17.7. The van der Waals surface area contributed by atoms with Gasteiger partial charge in [0.2, 0.25) is 0 Å². The second kappa shape index (κ2) is 9.06. The van der Waals surface area contributed by atoms with Crippen LogP contribution in [-0.4, -0.2) is 23.5 Å². The molecule has 0 aromatic rings. The molecule has 1 heteroatoms. The minimum atomic E-state index is 0.834. The van der Waals surface area contributed by atoms with Crippen LogP contribution in [0.15, 0.2) is 0 Å². The highest BCUT2D eigenvalue weighted by Gasteiger charge is 2.41. The lowest BCUT2D eigenvalue weighted by molar-refractivity contribution is -0.0225. The molecule has 6 atom stereocenters. The van der Waals surface area contributed by atoms with Crippen LogP contribution in [0, 0.1) is 35.5 Å². The Labute approximate surface area is 153 Å². The fraction of sp³-hybridized carbons (Fsp3) is 1.00. The zero-order chi connectivity index (χ0) is 17.9. The lowest BCUT2D eigenvalue weighted by Gasteiger charge is -2.51. The first kappa shape index (κ1) is 20.3. The summed E-state index contributed by atoms with van der Waals surface area (Å²) in [6, 6.07) is 1.68. The summed E-state index contributed by atoms with van der Waals surface area (Å²) in [4.78, 5) is 3.04. The van der Waals surface area contributed by atoms with Crippen molar-refractivity contribution in [2.24, 2.45) is 35.5 Å². The number of nitrogens with zero attached hydrogens (tertiary/aromatic N) is 1. The van der Waals surface area contributed by atoms with E-state index in [9.17, 15) is 0 Å². The maximum atomic E-state index is 3.04. The summed E-state index contributed by atoms with van der Waals surface area (Å²) in [6.07, 6.45) is 10.0. The van der Waals surface area contributed by atoms with Gasteiger partial charge in [0, 0.05) is 12.1 Å². The normalized spacial score (nSPS) is 38.2. The summed E-state index contributed by atoms with van der Waals surface area (Å²) in [5.41, 5.74) is 0. The second-order valence-electron chi connectivity index (χ2n) is 10.0. The SMILES string of the molecule is CCCN(C1CC(C)CCC1C(C)C)C1CC(C)CCC1C(C)C. The lowest BCUT2D eigenvalue weighted by atomic mass is 9.69. The Balaban J connectivity index is 2.26. The molecular weight excluding hydrogens is 290 g/mol. The van der Waals surface area contributed by atoms with Crippen molar-refractivity contribution in [1.29, 1.82) is 0 Å². The Hall–Kier alpha value is -0.0400. The van der Waals surface area contributed by atoms with E-state index in [0.29, 0.717) is 0 Å². The molecule has 2 saturated carbocycles. The molecule has 0 aromatic heterocycles. The van der Waals surface area contributed by atoms with Crippen LogP contribution in [0.2, 0.25) is 0 Å². The van der Waals surface area contributed by atoms with Gasteiger partial charge in [-0.15, -0.1) is 0 Å². The molecule has 2 aliphatic rings. The average molecular weight is 336 g/mol. The van der Waals surface area contributed by atoms with E-state index < -0.39 is 0 Å². The van der Waals surface area contributed by atoms with Gasteiger partial charge in [-0.25, -0.2) is 0 Å². The topological polar surface area (TPSA) is 3.24 Å². The predicted octanol–water partition coefficient (Wildman–Crippen LogP) is 6.62. The highest BCUT2D eigenvalue weighted by Crippen LogP contribution is 2.42. The first-order valence-electron chi connectivity index (χ1n) is 11.1. The van der Waals surface area contributed by atoms with Crippen LogP contribution >= 0.6 is 0 Å². The molecule has 142 valence electrons. The molecule has 0 aromatic carbocycles. The molecule has 0 bridgehead atoms. The summed E-state index contributed by atoms with van der Waals surface area (Å²) in [5.74, 6) is 5.34. The first-order chi connectivity index (χ1) is 11.3. The van der Waals surface area contributed by atoms with Gasteiger partial charge in [0.05, 0.1) is 0 Å².